The third kappa shape index (κ3) is 3.03. The van der Waals surface area contributed by atoms with Gasteiger partial charge in [0.15, 0.2) is 0 Å². The lowest BCUT2D eigenvalue weighted by Crippen LogP contribution is -2.31. The van der Waals surface area contributed by atoms with Gasteiger partial charge in [-0.05, 0) is 42.7 Å². The standard InChI is InChI=1S/C12H20N2S/c1-9(10-4-5-10)8-14-11(7-13)12-3-2-6-15-12/h2-3,6,9-11,14H,4-5,7-8,13H2,1H3. The van der Waals surface area contributed by atoms with E-state index in [1.54, 1.807) is 11.3 Å². The first-order chi connectivity index (χ1) is 7.31. The Balaban J connectivity index is 1.80. The zero-order valence-electron chi connectivity index (χ0n) is 9.28. The maximum atomic E-state index is 5.79. The molecule has 1 aromatic rings. The minimum absolute atomic E-state index is 0.353. The molecule has 1 heterocycles. The summed E-state index contributed by atoms with van der Waals surface area (Å²) in [6.07, 6.45) is 2.85. The van der Waals surface area contributed by atoms with Crippen LogP contribution in [-0.2, 0) is 0 Å². The average molecular weight is 224 g/mol. The van der Waals surface area contributed by atoms with Gasteiger partial charge in [0, 0.05) is 11.4 Å². The molecular weight excluding hydrogens is 204 g/mol. The smallest absolute Gasteiger partial charge is 0.0539 e. The second-order valence-corrected chi connectivity index (χ2v) is 5.51. The zero-order chi connectivity index (χ0) is 10.7. The van der Waals surface area contributed by atoms with E-state index in [0.29, 0.717) is 12.6 Å². The molecule has 0 saturated heterocycles. The Bertz CT molecular complexity index is 280. The van der Waals surface area contributed by atoms with Gasteiger partial charge in [-0.2, -0.15) is 0 Å². The highest BCUT2D eigenvalue weighted by Gasteiger charge is 2.27. The van der Waals surface area contributed by atoms with Crippen molar-refractivity contribution in [3.05, 3.63) is 22.4 Å². The monoisotopic (exact) mass is 224 g/mol. The normalized spacial score (nSPS) is 20.1. The molecule has 0 amide bonds. The van der Waals surface area contributed by atoms with Gasteiger partial charge >= 0.3 is 0 Å². The van der Waals surface area contributed by atoms with Gasteiger partial charge in [-0.25, -0.2) is 0 Å². The molecule has 1 saturated carbocycles. The van der Waals surface area contributed by atoms with Crippen LogP contribution in [0.2, 0.25) is 0 Å². The minimum Gasteiger partial charge on any atom is -0.329 e. The summed E-state index contributed by atoms with van der Waals surface area (Å²) in [5, 5.41) is 5.69. The van der Waals surface area contributed by atoms with Crippen molar-refractivity contribution in [2.24, 2.45) is 17.6 Å². The molecule has 2 nitrogen and oxygen atoms in total. The summed E-state index contributed by atoms with van der Waals surface area (Å²) in [6, 6.07) is 4.61. The van der Waals surface area contributed by atoms with Crippen LogP contribution in [0.25, 0.3) is 0 Å². The topological polar surface area (TPSA) is 38.0 Å². The molecule has 0 bridgehead atoms. The van der Waals surface area contributed by atoms with Gasteiger partial charge in [0.1, 0.15) is 0 Å². The molecule has 84 valence electrons. The molecule has 1 aromatic heterocycles. The molecule has 0 aliphatic heterocycles. The van der Waals surface area contributed by atoms with Gasteiger partial charge in [0.2, 0.25) is 0 Å². The highest BCUT2D eigenvalue weighted by molar-refractivity contribution is 7.10. The molecule has 1 aliphatic carbocycles. The van der Waals surface area contributed by atoms with Crippen LogP contribution in [0.3, 0.4) is 0 Å². The number of nitrogens with one attached hydrogen (secondary N) is 1. The third-order valence-corrected chi connectivity index (χ3v) is 4.22. The largest absolute Gasteiger partial charge is 0.329 e. The summed E-state index contributed by atoms with van der Waals surface area (Å²) in [4.78, 5) is 1.36. The fraction of sp³-hybridized carbons (Fsp3) is 0.667. The molecule has 3 heteroatoms. The molecule has 15 heavy (non-hydrogen) atoms. The van der Waals surface area contributed by atoms with E-state index >= 15 is 0 Å². The second kappa shape index (κ2) is 5.10. The lowest BCUT2D eigenvalue weighted by molar-refractivity contribution is 0.425. The Morgan fingerprint density at radius 2 is 2.40 bits per heavy atom. The van der Waals surface area contributed by atoms with Crippen molar-refractivity contribution >= 4 is 11.3 Å². The van der Waals surface area contributed by atoms with E-state index in [0.717, 1.165) is 18.4 Å². The van der Waals surface area contributed by atoms with Crippen molar-refractivity contribution in [1.82, 2.24) is 5.32 Å². The van der Waals surface area contributed by atoms with Crippen molar-refractivity contribution in [3.63, 3.8) is 0 Å². The predicted molar refractivity (Wildman–Crippen MR) is 66.0 cm³/mol. The summed E-state index contributed by atoms with van der Waals surface area (Å²) < 4.78 is 0. The van der Waals surface area contributed by atoms with Crippen LogP contribution in [0.15, 0.2) is 17.5 Å². The van der Waals surface area contributed by atoms with Crippen LogP contribution < -0.4 is 11.1 Å². The molecule has 0 spiro atoms. The van der Waals surface area contributed by atoms with Crippen LogP contribution in [0.5, 0.6) is 0 Å². The molecule has 2 rings (SSSR count). The van der Waals surface area contributed by atoms with Gasteiger partial charge in [-0.3, -0.25) is 0 Å². The molecule has 2 unspecified atom stereocenters. The SMILES string of the molecule is CC(CNC(CN)c1cccs1)C1CC1. The zero-order valence-corrected chi connectivity index (χ0v) is 10.1. The van der Waals surface area contributed by atoms with Crippen LogP contribution in [0, 0.1) is 11.8 Å². The number of nitrogens with two attached hydrogens (primary N) is 1. The summed E-state index contributed by atoms with van der Waals surface area (Å²) in [5.74, 6) is 1.78. The fourth-order valence-corrected chi connectivity index (χ4v) is 2.76. The van der Waals surface area contributed by atoms with Crippen LogP contribution in [0.4, 0.5) is 0 Å². The number of rotatable bonds is 6. The Morgan fingerprint density at radius 1 is 1.60 bits per heavy atom. The molecule has 3 N–H and O–H groups in total. The van der Waals surface area contributed by atoms with E-state index in [-0.39, 0.29) is 0 Å². The molecular formula is C12H20N2S. The van der Waals surface area contributed by atoms with Gasteiger partial charge in [-0.1, -0.05) is 13.0 Å². The molecule has 2 atom stereocenters. The highest BCUT2D eigenvalue weighted by Crippen LogP contribution is 2.36. The lowest BCUT2D eigenvalue weighted by Gasteiger charge is -2.18. The van der Waals surface area contributed by atoms with Crippen molar-refractivity contribution in [3.8, 4) is 0 Å². The van der Waals surface area contributed by atoms with Gasteiger partial charge < -0.3 is 11.1 Å². The predicted octanol–water partition coefficient (Wildman–Crippen LogP) is 2.38. The first kappa shape index (κ1) is 11.1. The lowest BCUT2D eigenvalue weighted by atomic mass is 10.1. The molecule has 0 aromatic carbocycles. The van der Waals surface area contributed by atoms with E-state index in [2.05, 4.69) is 29.8 Å². The number of thiophene rings is 1. The van der Waals surface area contributed by atoms with Crippen molar-refractivity contribution < 1.29 is 0 Å². The molecule has 1 aliphatic rings. The Labute approximate surface area is 95.9 Å². The Morgan fingerprint density at radius 3 is 2.93 bits per heavy atom. The second-order valence-electron chi connectivity index (χ2n) is 4.53. The van der Waals surface area contributed by atoms with Gasteiger partial charge in [0.25, 0.3) is 0 Å². The van der Waals surface area contributed by atoms with E-state index in [4.69, 9.17) is 5.73 Å². The summed E-state index contributed by atoms with van der Waals surface area (Å²) in [6.45, 7) is 4.13. The van der Waals surface area contributed by atoms with Crippen LogP contribution in [0.1, 0.15) is 30.7 Å². The summed E-state index contributed by atoms with van der Waals surface area (Å²) in [5.41, 5.74) is 5.79. The van der Waals surface area contributed by atoms with E-state index in [9.17, 15) is 0 Å². The van der Waals surface area contributed by atoms with Crippen molar-refractivity contribution in [2.75, 3.05) is 13.1 Å². The van der Waals surface area contributed by atoms with Crippen LogP contribution >= 0.6 is 11.3 Å². The molecule has 0 radical (unpaired) electrons. The van der Waals surface area contributed by atoms with Gasteiger partial charge in [-0.15, -0.1) is 11.3 Å². The summed E-state index contributed by atoms with van der Waals surface area (Å²) in [7, 11) is 0. The maximum Gasteiger partial charge on any atom is 0.0539 e. The number of hydrogen-bond donors (Lipinski definition) is 2. The fourth-order valence-electron chi connectivity index (χ4n) is 1.95. The Hall–Kier alpha value is -0.380. The van der Waals surface area contributed by atoms with E-state index in [1.165, 1.54) is 17.7 Å². The molecule has 1 fully saturated rings. The Kier molecular flexibility index (Phi) is 3.78. The third-order valence-electron chi connectivity index (χ3n) is 3.24. The number of hydrogen-bond acceptors (Lipinski definition) is 3. The quantitative estimate of drug-likeness (QED) is 0.778. The summed E-state index contributed by atoms with van der Waals surface area (Å²) >= 11 is 1.79. The van der Waals surface area contributed by atoms with Gasteiger partial charge in [0.05, 0.1) is 6.04 Å². The first-order valence-electron chi connectivity index (χ1n) is 5.78. The highest BCUT2D eigenvalue weighted by atomic mass is 32.1. The maximum absolute atomic E-state index is 5.79. The van der Waals surface area contributed by atoms with E-state index < -0.39 is 0 Å². The van der Waals surface area contributed by atoms with Crippen LogP contribution in [-0.4, -0.2) is 13.1 Å². The van der Waals surface area contributed by atoms with E-state index in [1.807, 2.05) is 0 Å². The minimum atomic E-state index is 0.353. The average Bonchev–Trinajstić information content (AvgIpc) is 2.97. The van der Waals surface area contributed by atoms with Crippen molar-refractivity contribution in [2.45, 2.75) is 25.8 Å². The first-order valence-corrected chi connectivity index (χ1v) is 6.66. The van der Waals surface area contributed by atoms with Crippen molar-refractivity contribution in [1.29, 1.82) is 0 Å².